The summed E-state index contributed by atoms with van der Waals surface area (Å²) in [5, 5.41) is 19.9. The second-order valence-electron chi connectivity index (χ2n) is 3.62. The van der Waals surface area contributed by atoms with E-state index in [1.54, 1.807) is 18.2 Å². The molecule has 6 heteroatoms. The SMILES string of the molecule is N#Cc1cccc(NC(=O)c2ccc(C(=O)O)o2)c1. The highest BCUT2D eigenvalue weighted by Gasteiger charge is 2.14. The number of hydrogen-bond acceptors (Lipinski definition) is 4. The zero-order valence-corrected chi connectivity index (χ0v) is 9.58. The van der Waals surface area contributed by atoms with Crippen molar-refractivity contribution in [3.63, 3.8) is 0 Å². The Balaban J connectivity index is 2.16. The molecule has 0 bridgehead atoms. The summed E-state index contributed by atoms with van der Waals surface area (Å²) in [6.45, 7) is 0. The van der Waals surface area contributed by atoms with Gasteiger partial charge in [-0.25, -0.2) is 4.79 Å². The van der Waals surface area contributed by atoms with Gasteiger partial charge in [-0.3, -0.25) is 4.79 Å². The van der Waals surface area contributed by atoms with Crippen molar-refractivity contribution in [3.8, 4) is 6.07 Å². The van der Waals surface area contributed by atoms with Crippen LogP contribution in [0.5, 0.6) is 0 Å². The van der Waals surface area contributed by atoms with E-state index in [1.165, 1.54) is 18.2 Å². The van der Waals surface area contributed by atoms with E-state index in [0.29, 0.717) is 11.3 Å². The van der Waals surface area contributed by atoms with Gasteiger partial charge in [0.15, 0.2) is 5.76 Å². The topological polar surface area (TPSA) is 103 Å². The van der Waals surface area contributed by atoms with Gasteiger partial charge in [0.1, 0.15) is 0 Å². The van der Waals surface area contributed by atoms with Gasteiger partial charge in [-0.05, 0) is 30.3 Å². The minimum Gasteiger partial charge on any atom is -0.475 e. The number of carbonyl (C=O) groups is 2. The van der Waals surface area contributed by atoms with Gasteiger partial charge in [-0.2, -0.15) is 5.26 Å². The molecule has 0 saturated heterocycles. The Kier molecular flexibility index (Phi) is 3.30. The number of aromatic carboxylic acids is 1. The van der Waals surface area contributed by atoms with Gasteiger partial charge in [0.2, 0.25) is 5.76 Å². The van der Waals surface area contributed by atoms with Gasteiger partial charge in [0.25, 0.3) is 5.91 Å². The van der Waals surface area contributed by atoms with Crippen LogP contribution in [-0.2, 0) is 0 Å². The lowest BCUT2D eigenvalue weighted by Gasteiger charge is -2.02. The fourth-order valence-electron chi connectivity index (χ4n) is 1.43. The van der Waals surface area contributed by atoms with Crippen LogP contribution in [0.3, 0.4) is 0 Å². The van der Waals surface area contributed by atoms with E-state index in [4.69, 9.17) is 14.8 Å². The van der Waals surface area contributed by atoms with Crippen LogP contribution in [0.4, 0.5) is 5.69 Å². The summed E-state index contributed by atoms with van der Waals surface area (Å²) in [4.78, 5) is 22.4. The summed E-state index contributed by atoms with van der Waals surface area (Å²) in [6.07, 6.45) is 0. The molecule has 1 heterocycles. The molecule has 1 aromatic carbocycles. The normalized spacial score (nSPS) is 9.63. The number of benzene rings is 1. The van der Waals surface area contributed by atoms with E-state index >= 15 is 0 Å². The number of amides is 1. The van der Waals surface area contributed by atoms with E-state index < -0.39 is 11.9 Å². The molecule has 2 aromatic rings. The van der Waals surface area contributed by atoms with Gasteiger partial charge < -0.3 is 14.8 Å². The summed E-state index contributed by atoms with van der Waals surface area (Å²) in [7, 11) is 0. The first kappa shape index (κ1) is 12.4. The zero-order valence-electron chi connectivity index (χ0n) is 9.58. The van der Waals surface area contributed by atoms with Crippen molar-refractivity contribution < 1.29 is 19.1 Å². The average Bonchev–Trinajstić information content (AvgIpc) is 2.89. The number of hydrogen-bond donors (Lipinski definition) is 2. The minimum absolute atomic E-state index is 0.111. The second-order valence-corrected chi connectivity index (χ2v) is 3.62. The number of anilines is 1. The summed E-state index contributed by atoms with van der Waals surface area (Å²) in [6, 6.07) is 10.8. The van der Waals surface area contributed by atoms with Crippen molar-refractivity contribution >= 4 is 17.6 Å². The number of carboxylic acid groups (broad SMARTS) is 1. The Bertz CT molecular complexity index is 682. The van der Waals surface area contributed by atoms with E-state index in [2.05, 4.69) is 5.32 Å². The molecule has 2 rings (SSSR count). The van der Waals surface area contributed by atoms with Gasteiger partial charge in [0, 0.05) is 5.69 Å². The van der Waals surface area contributed by atoms with Gasteiger partial charge in [-0.15, -0.1) is 0 Å². The molecule has 0 spiro atoms. The van der Waals surface area contributed by atoms with Crippen molar-refractivity contribution in [1.29, 1.82) is 5.26 Å². The van der Waals surface area contributed by atoms with Gasteiger partial charge >= 0.3 is 5.97 Å². The van der Waals surface area contributed by atoms with Crippen molar-refractivity contribution in [3.05, 3.63) is 53.5 Å². The monoisotopic (exact) mass is 256 g/mol. The zero-order chi connectivity index (χ0) is 13.8. The quantitative estimate of drug-likeness (QED) is 0.875. The molecule has 0 aliphatic carbocycles. The molecule has 6 nitrogen and oxygen atoms in total. The maximum atomic E-state index is 11.8. The van der Waals surface area contributed by atoms with Gasteiger partial charge in [-0.1, -0.05) is 6.07 Å². The summed E-state index contributed by atoms with van der Waals surface area (Å²) in [5.74, 6) is -2.25. The molecule has 2 N–H and O–H groups in total. The Morgan fingerprint density at radius 2 is 1.95 bits per heavy atom. The van der Waals surface area contributed by atoms with Crippen molar-refractivity contribution in [1.82, 2.24) is 0 Å². The summed E-state index contributed by atoms with van der Waals surface area (Å²) < 4.78 is 4.86. The Labute approximate surface area is 107 Å². The average molecular weight is 256 g/mol. The molecule has 0 fully saturated rings. The smallest absolute Gasteiger partial charge is 0.371 e. The molecule has 94 valence electrons. The van der Waals surface area contributed by atoms with Gasteiger partial charge in [0.05, 0.1) is 11.6 Å². The maximum Gasteiger partial charge on any atom is 0.371 e. The number of nitrogens with one attached hydrogen (secondary N) is 1. The van der Waals surface area contributed by atoms with E-state index in [-0.39, 0.29) is 11.5 Å². The third-order valence-corrected chi connectivity index (χ3v) is 2.29. The largest absolute Gasteiger partial charge is 0.475 e. The lowest BCUT2D eigenvalue weighted by molar-refractivity contribution is 0.0660. The Hall–Kier alpha value is -3.07. The van der Waals surface area contributed by atoms with Crippen LogP contribution in [0.15, 0.2) is 40.8 Å². The number of carbonyl (C=O) groups excluding carboxylic acids is 1. The lowest BCUT2D eigenvalue weighted by Crippen LogP contribution is -2.11. The molecule has 0 aliphatic rings. The lowest BCUT2D eigenvalue weighted by atomic mass is 10.2. The van der Waals surface area contributed by atoms with Crippen LogP contribution >= 0.6 is 0 Å². The second kappa shape index (κ2) is 5.06. The number of rotatable bonds is 3. The molecule has 19 heavy (non-hydrogen) atoms. The standard InChI is InChI=1S/C13H8N2O4/c14-7-8-2-1-3-9(6-8)15-12(16)10-4-5-11(19-10)13(17)18/h1-6H,(H,15,16)(H,17,18). The van der Waals surface area contributed by atoms with E-state index in [1.807, 2.05) is 6.07 Å². The molecule has 0 unspecified atom stereocenters. The maximum absolute atomic E-state index is 11.8. The molecular weight excluding hydrogens is 248 g/mol. The first-order valence-corrected chi connectivity index (χ1v) is 5.25. The molecule has 0 aliphatic heterocycles. The molecule has 1 amide bonds. The molecule has 1 aromatic heterocycles. The number of nitrogens with zero attached hydrogens (tertiary/aromatic N) is 1. The predicted molar refractivity (Wildman–Crippen MR) is 64.8 cm³/mol. The molecule has 0 radical (unpaired) electrons. The third kappa shape index (κ3) is 2.79. The highest BCUT2D eigenvalue weighted by Crippen LogP contribution is 2.13. The van der Waals surface area contributed by atoms with Crippen molar-refractivity contribution in [2.75, 3.05) is 5.32 Å². The fraction of sp³-hybridized carbons (Fsp3) is 0. The Morgan fingerprint density at radius 3 is 2.58 bits per heavy atom. The third-order valence-electron chi connectivity index (χ3n) is 2.29. The molecule has 0 atom stereocenters. The first-order valence-electron chi connectivity index (χ1n) is 5.25. The predicted octanol–water partition coefficient (Wildman–Crippen LogP) is 2.10. The molecule has 0 saturated carbocycles. The van der Waals surface area contributed by atoms with Crippen LogP contribution < -0.4 is 5.32 Å². The molecular formula is C13H8N2O4. The van der Waals surface area contributed by atoms with E-state index in [0.717, 1.165) is 0 Å². The number of furan rings is 1. The highest BCUT2D eigenvalue weighted by atomic mass is 16.4. The minimum atomic E-state index is -1.24. The first-order chi connectivity index (χ1) is 9.10. The number of nitriles is 1. The van der Waals surface area contributed by atoms with Crippen LogP contribution in [0.25, 0.3) is 0 Å². The van der Waals surface area contributed by atoms with Crippen LogP contribution in [0.2, 0.25) is 0 Å². The highest BCUT2D eigenvalue weighted by molar-refractivity contribution is 6.03. The van der Waals surface area contributed by atoms with Crippen LogP contribution in [0.1, 0.15) is 26.7 Å². The fourth-order valence-corrected chi connectivity index (χ4v) is 1.43. The van der Waals surface area contributed by atoms with Crippen LogP contribution in [-0.4, -0.2) is 17.0 Å². The van der Waals surface area contributed by atoms with Crippen molar-refractivity contribution in [2.24, 2.45) is 0 Å². The van der Waals surface area contributed by atoms with E-state index in [9.17, 15) is 9.59 Å². The summed E-state index contributed by atoms with van der Waals surface area (Å²) in [5.41, 5.74) is 0.834. The van der Waals surface area contributed by atoms with Crippen LogP contribution in [0, 0.1) is 11.3 Å². The Morgan fingerprint density at radius 1 is 1.21 bits per heavy atom. The number of carboxylic acids is 1. The summed E-state index contributed by atoms with van der Waals surface area (Å²) >= 11 is 0. The van der Waals surface area contributed by atoms with Crippen molar-refractivity contribution in [2.45, 2.75) is 0 Å².